The molecule has 4 nitrogen and oxygen atoms in total. The summed E-state index contributed by atoms with van der Waals surface area (Å²) in [5.41, 5.74) is 1.21. The normalized spacial score (nSPS) is 11.3. The number of benzene rings is 2. The minimum Gasteiger partial charge on any atom is -0.494 e. The summed E-state index contributed by atoms with van der Waals surface area (Å²) in [6.07, 6.45) is 0. The number of carbonyl (C=O) groups is 1. The van der Waals surface area contributed by atoms with E-state index in [0.717, 1.165) is 5.75 Å². The molecule has 0 heterocycles. The number of hydrogen-bond acceptors (Lipinski definition) is 4. The standard InChI is InChI=1S/C20H24O4/c1-4-22-18-14-12-17(13-15-18)20(23-5-2,24-6-3)19(21)16-10-8-7-9-11-16/h7-15H,4-6H2,1-3H3. The van der Waals surface area contributed by atoms with Gasteiger partial charge in [-0.15, -0.1) is 0 Å². The monoisotopic (exact) mass is 328 g/mol. The Bertz CT molecular complexity index is 628. The van der Waals surface area contributed by atoms with Crippen LogP contribution < -0.4 is 4.74 Å². The molecule has 0 amide bonds. The van der Waals surface area contributed by atoms with Gasteiger partial charge in [0, 0.05) is 24.3 Å². The highest BCUT2D eigenvalue weighted by atomic mass is 16.7. The maximum absolute atomic E-state index is 13.2. The molecule has 2 aromatic carbocycles. The molecule has 2 rings (SSSR count). The predicted octanol–water partition coefficient (Wildman–Crippen LogP) is 4.19. The Labute approximate surface area is 143 Å². The van der Waals surface area contributed by atoms with Crippen LogP contribution in [0.25, 0.3) is 0 Å². The minimum absolute atomic E-state index is 0.212. The van der Waals surface area contributed by atoms with Crippen molar-refractivity contribution in [2.24, 2.45) is 0 Å². The molecule has 0 atom stereocenters. The first-order valence-electron chi connectivity index (χ1n) is 8.29. The lowest BCUT2D eigenvalue weighted by Crippen LogP contribution is -2.42. The minimum atomic E-state index is -1.45. The van der Waals surface area contributed by atoms with Gasteiger partial charge in [-0.2, -0.15) is 0 Å². The molecule has 0 aliphatic rings. The summed E-state index contributed by atoms with van der Waals surface area (Å²) in [5.74, 6) is -0.915. The van der Waals surface area contributed by atoms with Crippen LogP contribution in [0, 0.1) is 0 Å². The smallest absolute Gasteiger partial charge is 0.261 e. The van der Waals surface area contributed by atoms with E-state index in [2.05, 4.69) is 0 Å². The van der Waals surface area contributed by atoms with Crippen LogP contribution >= 0.6 is 0 Å². The molecule has 0 unspecified atom stereocenters. The van der Waals surface area contributed by atoms with Crippen molar-refractivity contribution in [3.8, 4) is 5.75 Å². The van der Waals surface area contributed by atoms with Gasteiger partial charge in [0.2, 0.25) is 5.78 Å². The number of ether oxygens (including phenoxy) is 3. The van der Waals surface area contributed by atoms with Crippen LogP contribution in [0.4, 0.5) is 0 Å². The highest BCUT2D eigenvalue weighted by Gasteiger charge is 2.42. The van der Waals surface area contributed by atoms with Crippen molar-refractivity contribution in [2.45, 2.75) is 26.6 Å². The highest BCUT2D eigenvalue weighted by molar-refractivity contribution is 6.02. The van der Waals surface area contributed by atoms with Gasteiger partial charge in [-0.1, -0.05) is 30.3 Å². The Morgan fingerprint density at radius 3 is 1.92 bits per heavy atom. The van der Waals surface area contributed by atoms with Crippen LogP contribution in [-0.4, -0.2) is 25.6 Å². The molecule has 0 saturated heterocycles. The lowest BCUT2D eigenvalue weighted by atomic mass is 9.95. The Balaban J connectivity index is 2.47. The number of rotatable bonds is 9. The van der Waals surface area contributed by atoms with Crippen LogP contribution in [0.2, 0.25) is 0 Å². The topological polar surface area (TPSA) is 44.8 Å². The van der Waals surface area contributed by atoms with Gasteiger partial charge in [0.05, 0.1) is 6.61 Å². The molecule has 0 aromatic heterocycles. The Hall–Kier alpha value is -2.17. The van der Waals surface area contributed by atoms with Crippen molar-refractivity contribution in [3.05, 3.63) is 65.7 Å². The van der Waals surface area contributed by atoms with Gasteiger partial charge >= 0.3 is 0 Å². The van der Waals surface area contributed by atoms with Crippen LogP contribution in [0.3, 0.4) is 0 Å². The Kier molecular flexibility index (Phi) is 6.53. The quantitative estimate of drug-likeness (QED) is 0.511. The molecular formula is C20H24O4. The van der Waals surface area contributed by atoms with E-state index in [1.54, 1.807) is 12.1 Å². The first-order chi connectivity index (χ1) is 11.7. The maximum Gasteiger partial charge on any atom is 0.261 e. The maximum atomic E-state index is 13.2. The van der Waals surface area contributed by atoms with E-state index < -0.39 is 5.79 Å². The van der Waals surface area contributed by atoms with Gasteiger partial charge in [0.25, 0.3) is 5.79 Å². The average Bonchev–Trinajstić information content (AvgIpc) is 2.62. The van der Waals surface area contributed by atoms with Crippen LogP contribution in [-0.2, 0) is 15.3 Å². The lowest BCUT2D eigenvalue weighted by molar-refractivity contribution is -0.204. The third-order valence-electron chi connectivity index (χ3n) is 3.58. The lowest BCUT2D eigenvalue weighted by Gasteiger charge is -2.32. The fraction of sp³-hybridized carbons (Fsp3) is 0.350. The number of ketones is 1. The van der Waals surface area contributed by atoms with E-state index in [-0.39, 0.29) is 5.78 Å². The summed E-state index contributed by atoms with van der Waals surface area (Å²) < 4.78 is 17.2. The summed E-state index contributed by atoms with van der Waals surface area (Å²) in [6, 6.07) is 16.3. The first kappa shape index (κ1) is 18.2. The van der Waals surface area contributed by atoms with E-state index in [0.29, 0.717) is 30.9 Å². The molecule has 0 bridgehead atoms. The van der Waals surface area contributed by atoms with Gasteiger partial charge in [-0.25, -0.2) is 0 Å². The largest absolute Gasteiger partial charge is 0.494 e. The molecule has 2 aromatic rings. The summed E-state index contributed by atoms with van der Waals surface area (Å²) in [7, 11) is 0. The third-order valence-corrected chi connectivity index (χ3v) is 3.58. The molecule has 0 aliphatic carbocycles. The van der Waals surface area contributed by atoms with Crippen molar-refractivity contribution in [1.82, 2.24) is 0 Å². The number of carbonyl (C=O) groups excluding carboxylic acids is 1. The van der Waals surface area contributed by atoms with E-state index in [1.165, 1.54) is 0 Å². The number of Topliss-reactive ketones (excluding diaryl/α,β-unsaturated/α-hetero) is 1. The number of hydrogen-bond donors (Lipinski definition) is 0. The summed E-state index contributed by atoms with van der Waals surface area (Å²) in [6.45, 7) is 6.92. The summed E-state index contributed by atoms with van der Waals surface area (Å²) >= 11 is 0. The fourth-order valence-corrected chi connectivity index (χ4v) is 2.59. The first-order valence-corrected chi connectivity index (χ1v) is 8.29. The Morgan fingerprint density at radius 1 is 0.833 bits per heavy atom. The molecule has 128 valence electrons. The van der Waals surface area contributed by atoms with Gasteiger partial charge in [-0.05, 0) is 45.0 Å². The van der Waals surface area contributed by atoms with Crippen molar-refractivity contribution in [1.29, 1.82) is 0 Å². The molecule has 0 radical (unpaired) electrons. The van der Waals surface area contributed by atoms with E-state index in [1.807, 2.05) is 63.2 Å². The van der Waals surface area contributed by atoms with Crippen molar-refractivity contribution in [2.75, 3.05) is 19.8 Å². The van der Waals surface area contributed by atoms with E-state index >= 15 is 0 Å². The third kappa shape index (κ3) is 3.83. The van der Waals surface area contributed by atoms with Crippen LogP contribution in [0.15, 0.2) is 54.6 Å². The van der Waals surface area contributed by atoms with Gasteiger partial charge in [-0.3, -0.25) is 4.79 Å². The SMILES string of the molecule is CCOc1ccc(C(OCC)(OCC)C(=O)c2ccccc2)cc1. The van der Waals surface area contributed by atoms with Gasteiger partial charge in [0.1, 0.15) is 5.75 Å². The molecule has 0 spiro atoms. The second kappa shape index (κ2) is 8.62. The highest BCUT2D eigenvalue weighted by Crippen LogP contribution is 2.33. The van der Waals surface area contributed by atoms with Crippen molar-refractivity contribution in [3.63, 3.8) is 0 Å². The molecule has 0 aliphatic heterocycles. The zero-order chi connectivity index (χ0) is 17.4. The zero-order valence-corrected chi connectivity index (χ0v) is 14.5. The second-order valence-corrected chi connectivity index (χ2v) is 5.14. The predicted molar refractivity (Wildman–Crippen MR) is 93.3 cm³/mol. The Morgan fingerprint density at radius 2 is 1.42 bits per heavy atom. The van der Waals surface area contributed by atoms with Crippen molar-refractivity contribution >= 4 is 5.78 Å². The molecule has 24 heavy (non-hydrogen) atoms. The summed E-state index contributed by atoms with van der Waals surface area (Å²) in [5, 5.41) is 0. The molecule has 0 N–H and O–H groups in total. The molecule has 4 heteroatoms. The molecule has 0 saturated carbocycles. The van der Waals surface area contributed by atoms with Gasteiger partial charge in [0.15, 0.2) is 0 Å². The summed E-state index contributed by atoms with van der Waals surface area (Å²) in [4.78, 5) is 13.2. The van der Waals surface area contributed by atoms with Gasteiger partial charge < -0.3 is 14.2 Å². The van der Waals surface area contributed by atoms with Crippen molar-refractivity contribution < 1.29 is 19.0 Å². The van der Waals surface area contributed by atoms with E-state index in [9.17, 15) is 4.79 Å². The zero-order valence-electron chi connectivity index (χ0n) is 14.5. The average molecular weight is 328 g/mol. The van der Waals surface area contributed by atoms with Crippen LogP contribution in [0.5, 0.6) is 5.75 Å². The molecular weight excluding hydrogens is 304 g/mol. The van der Waals surface area contributed by atoms with Crippen LogP contribution in [0.1, 0.15) is 36.7 Å². The molecule has 0 fully saturated rings. The fourth-order valence-electron chi connectivity index (χ4n) is 2.59. The van der Waals surface area contributed by atoms with E-state index in [4.69, 9.17) is 14.2 Å². The second-order valence-electron chi connectivity index (χ2n) is 5.14.